The maximum atomic E-state index is 11.5. The number of carbonyl (C=O) groups is 2. The second-order valence-corrected chi connectivity index (χ2v) is 4.97. The van der Waals surface area contributed by atoms with Crippen molar-refractivity contribution in [2.45, 2.75) is 39.2 Å². The molecule has 0 spiro atoms. The zero-order chi connectivity index (χ0) is 14.2. The molecule has 106 valence electrons. The highest BCUT2D eigenvalue weighted by molar-refractivity contribution is 7.88. The number of hydrogen-bond donors (Lipinski definition) is 3. The first-order valence-electron chi connectivity index (χ1n) is 5.49. The van der Waals surface area contributed by atoms with Gasteiger partial charge in [-0.1, -0.05) is 13.3 Å². The van der Waals surface area contributed by atoms with Crippen molar-refractivity contribution in [3.63, 3.8) is 0 Å². The van der Waals surface area contributed by atoms with Gasteiger partial charge in [-0.25, -0.2) is 9.52 Å². The van der Waals surface area contributed by atoms with Crippen LogP contribution in [0.2, 0.25) is 0 Å². The number of aliphatic carboxylic acids is 1. The van der Waals surface area contributed by atoms with Crippen molar-refractivity contribution >= 4 is 22.3 Å². The van der Waals surface area contributed by atoms with Crippen LogP contribution in [0, 0.1) is 0 Å². The van der Waals surface area contributed by atoms with Gasteiger partial charge in [0, 0.05) is 6.04 Å². The van der Waals surface area contributed by atoms with Gasteiger partial charge < -0.3 is 9.84 Å². The molecular formula is C9H18N2O6S. The highest BCUT2D eigenvalue weighted by Crippen LogP contribution is 2.03. The summed E-state index contributed by atoms with van der Waals surface area (Å²) in [6.45, 7) is 3.36. The predicted octanol–water partition coefficient (Wildman–Crippen LogP) is 0.210. The van der Waals surface area contributed by atoms with Gasteiger partial charge in [-0.3, -0.25) is 4.79 Å². The number of hydrogen-bond acceptors (Lipinski definition) is 5. The number of nitrogens with one attached hydrogen (secondary N) is 2. The van der Waals surface area contributed by atoms with Crippen LogP contribution >= 0.6 is 0 Å². The first-order valence-corrected chi connectivity index (χ1v) is 6.97. The Hall–Kier alpha value is -1.35. The number of carboxylic acids is 1. The summed E-state index contributed by atoms with van der Waals surface area (Å²) in [6, 6.07) is -0.764. The molecule has 0 aromatic carbocycles. The average Bonchev–Trinajstić information content (AvgIpc) is 2.14. The van der Waals surface area contributed by atoms with E-state index in [2.05, 4.69) is 9.46 Å². The molecular weight excluding hydrogens is 264 g/mol. The maximum absolute atomic E-state index is 11.5. The lowest BCUT2D eigenvalue weighted by Gasteiger charge is -2.16. The smallest absolute Gasteiger partial charge is 0.421 e. The van der Waals surface area contributed by atoms with Crippen molar-refractivity contribution in [3.05, 3.63) is 0 Å². The fourth-order valence-electron chi connectivity index (χ4n) is 1.28. The van der Waals surface area contributed by atoms with Gasteiger partial charge in [0.05, 0.1) is 13.0 Å². The molecule has 9 heteroatoms. The minimum Gasteiger partial charge on any atom is -0.481 e. The molecule has 0 aromatic heterocycles. The lowest BCUT2D eigenvalue weighted by Crippen LogP contribution is -2.45. The molecule has 3 N–H and O–H groups in total. The fraction of sp³-hybridized carbons (Fsp3) is 0.778. The van der Waals surface area contributed by atoms with Crippen molar-refractivity contribution in [2.75, 3.05) is 6.61 Å². The molecule has 1 unspecified atom stereocenters. The van der Waals surface area contributed by atoms with E-state index in [0.29, 0.717) is 12.8 Å². The van der Waals surface area contributed by atoms with Crippen molar-refractivity contribution in [1.29, 1.82) is 0 Å². The van der Waals surface area contributed by atoms with Crippen LogP contribution in [0.25, 0.3) is 0 Å². The van der Waals surface area contributed by atoms with Crippen molar-refractivity contribution in [1.82, 2.24) is 9.44 Å². The normalized spacial score (nSPS) is 12.8. The summed E-state index contributed by atoms with van der Waals surface area (Å²) in [7, 11) is -4.11. The molecule has 0 aliphatic heterocycles. The Balaban J connectivity index is 4.49. The Labute approximate surface area is 106 Å². The second kappa shape index (κ2) is 7.88. The Morgan fingerprint density at radius 3 is 2.39 bits per heavy atom. The van der Waals surface area contributed by atoms with Crippen LogP contribution in [0.1, 0.15) is 33.1 Å². The van der Waals surface area contributed by atoms with Crippen LogP contribution in [0.15, 0.2) is 0 Å². The fourth-order valence-corrected chi connectivity index (χ4v) is 2.26. The van der Waals surface area contributed by atoms with E-state index in [1.54, 1.807) is 11.6 Å². The standard InChI is InChI=1S/C9H18N2O6S/c1-3-5-7(6-8(12)13)10-18(15,16)11-9(14)17-4-2/h7,10H,3-6H2,1-2H3,(H,11,14)(H,12,13). The van der Waals surface area contributed by atoms with E-state index in [9.17, 15) is 18.0 Å². The van der Waals surface area contributed by atoms with E-state index < -0.39 is 28.3 Å². The summed E-state index contributed by atoms with van der Waals surface area (Å²) in [5.74, 6) is -1.12. The number of carbonyl (C=O) groups excluding carboxylic acids is 1. The number of carboxylic acid groups (broad SMARTS) is 1. The monoisotopic (exact) mass is 282 g/mol. The van der Waals surface area contributed by atoms with Gasteiger partial charge in [-0.2, -0.15) is 13.1 Å². The van der Waals surface area contributed by atoms with Gasteiger partial charge in [-0.05, 0) is 13.3 Å². The molecule has 0 fully saturated rings. The molecule has 8 nitrogen and oxygen atoms in total. The van der Waals surface area contributed by atoms with E-state index in [0.717, 1.165) is 0 Å². The first-order chi connectivity index (χ1) is 8.30. The van der Waals surface area contributed by atoms with Crippen molar-refractivity contribution < 1.29 is 27.9 Å². The largest absolute Gasteiger partial charge is 0.481 e. The molecule has 1 atom stereocenters. The van der Waals surface area contributed by atoms with Crippen LogP contribution < -0.4 is 9.44 Å². The van der Waals surface area contributed by atoms with Gasteiger partial charge in [0.15, 0.2) is 0 Å². The quantitative estimate of drug-likeness (QED) is 0.585. The Morgan fingerprint density at radius 1 is 1.33 bits per heavy atom. The third-order valence-electron chi connectivity index (χ3n) is 1.87. The number of rotatable bonds is 8. The Kier molecular flexibility index (Phi) is 7.29. The van der Waals surface area contributed by atoms with Crippen molar-refractivity contribution in [2.24, 2.45) is 0 Å². The second-order valence-electron chi connectivity index (χ2n) is 3.53. The summed E-state index contributed by atoms with van der Waals surface area (Å²) in [5.41, 5.74) is 0. The van der Waals surface area contributed by atoms with Crippen LogP contribution in [0.5, 0.6) is 0 Å². The Bertz CT molecular complexity index is 381. The highest BCUT2D eigenvalue weighted by Gasteiger charge is 2.21. The van der Waals surface area contributed by atoms with Gasteiger partial charge in [0.1, 0.15) is 0 Å². The molecule has 0 radical (unpaired) electrons. The SMILES string of the molecule is CCCC(CC(=O)O)NS(=O)(=O)NC(=O)OCC. The highest BCUT2D eigenvalue weighted by atomic mass is 32.2. The molecule has 1 amide bonds. The zero-order valence-electron chi connectivity index (χ0n) is 10.3. The number of amides is 1. The molecule has 0 saturated carbocycles. The molecule has 0 aromatic rings. The molecule has 0 aliphatic carbocycles. The van der Waals surface area contributed by atoms with Gasteiger partial charge in [0.25, 0.3) is 0 Å². The minimum absolute atomic E-state index is 0.0366. The predicted molar refractivity (Wildman–Crippen MR) is 63.2 cm³/mol. The average molecular weight is 282 g/mol. The molecule has 0 saturated heterocycles. The number of ether oxygens (including phenoxy) is 1. The third-order valence-corrected chi connectivity index (χ3v) is 2.95. The topological polar surface area (TPSA) is 122 Å². The minimum atomic E-state index is -4.11. The van der Waals surface area contributed by atoms with Crippen LogP contribution in [-0.2, 0) is 19.7 Å². The van der Waals surface area contributed by atoms with E-state index >= 15 is 0 Å². The maximum Gasteiger partial charge on any atom is 0.421 e. The molecule has 0 aliphatic rings. The van der Waals surface area contributed by atoms with Crippen LogP contribution in [0.4, 0.5) is 4.79 Å². The first kappa shape index (κ1) is 16.6. The van der Waals surface area contributed by atoms with Crippen LogP contribution in [-0.4, -0.2) is 38.2 Å². The van der Waals surface area contributed by atoms with E-state index in [4.69, 9.17) is 5.11 Å². The van der Waals surface area contributed by atoms with Crippen molar-refractivity contribution in [3.8, 4) is 0 Å². The third kappa shape index (κ3) is 7.85. The summed E-state index contributed by atoms with van der Waals surface area (Å²) in [6.07, 6.45) is -0.483. The molecule has 0 rings (SSSR count). The van der Waals surface area contributed by atoms with E-state index in [1.165, 1.54) is 6.92 Å². The summed E-state index contributed by atoms with van der Waals surface area (Å²) >= 11 is 0. The lowest BCUT2D eigenvalue weighted by molar-refractivity contribution is -0.137. The van der Waals surface area contributed by atoms with E-state index in [1.807, 2.05) is 0 Å². The van der Waals surface area contributed by atoms with E-state index in [-0.39, 0.29) is 13.0 Å². The van der Waals surface area contributed by atoms with Gasteiger partial charge >= 0.3 is 22.3 Å². The lowest BCUT2D eigenvalue weighted by atomic mass is 10.1. The van der Waals surface area contributed by atoms with Crippen LogP contribution in [0.3, 0.4) is 0 Å². The Morgan fingerprint density at radius 2 is 1.94 bits per heavy atom. The summed E-state index contributed by atoms with van der Waals surface area (Å²) in [5, 5.41) is 8.63. The van der Waals surface area contributed by atoms with Gasteiger partial charge in [0.2, 0.25) is 0 Å². The molecule has 0 bridgehead atoms. The molecule has 0 heterocycles. The summed E-state index contributed by atoms with van der Waals surface area (Å²) in [4.78, 5) is 21.5. The zero-order valence-corrected chi connectivity index (χ0v) is 11.1. The molecule has 18 heavy (non-hydrogen) atoms. The summed E-state index contributed by atoms with van der Waals surface area (Å²) < 4.78 is 31.1. The van der Waals surface area contributed by atoms with Gasteiger partial charge in [-0.15, -0.1) is 0 Å².